The summed E-state index contributed by atoms with van der Waals surface area (Å²) in [6.07, 6.45) is 6.90. The Bertz CT molecular complexity index is 825. The van der Waals surface area contributed by atoms with E-state index in [4.69, 9.17) is 15.7 Å². The fraction of sp³-hybridized carbons (Fsp3) is 0.474. The molecule has 5 heteroatoms. The Morgan fingerprint density at radius 3 is 2.71 bits per heavy atom. The Balaban J connectivity index is 2.13. The first kappa shape index (κ1) is 17.4. The Labute approximate surface area is 152 Å². The molecule has 2 aromatic heterocycles. The predicted molar refractivity (Wildman–Crippen MR) is 105 cm³/mol. The van der Waals surface area contributed by atoms with Crippen molar-refractivity contribution in [2.24, 2.45) is 5.73 Å². The van der Waals surface area contributed by atoms with Crippen molar-refractivity contribution in [3.8, 4) is 0 Å². The van der Waals surface area contributed by atoms with Crippen molar-refractivity contribution in [1.82, 2.24) is 14.5 Å². The molecule has 1 unspecified atom stereocenters. The van der Waals surface area contributed by atoms with Crippen LogP contribution in [0, 0.1) is 0 Å². The van der Waals surface area contributed by atoms with E-state index in [-0.39, 0.29) is 0 Å². The zero-order chi connectivity index (χ0) is 16.9. The number of rotatable bonds is 8. The van der Waals surface area contributed by atoms with Crippen LogP contribution in [0.15, 0.2) is 24.3 Å². The molecule has 0 spiro atoms. The van der Waals surface area contributed by atoms with E-state index in [2.05, 4.69) is 35.8 Å². The maximum atomic E-state index is 5.70. The van der Waals surface area contributed by atoms with Gasteiger partial charge < -0.3 is 0 Å². The van der Waals surface area contributed by atoms with Crippen LogP contribution in [0.5, 0.6) is 0 Å². The Morgan fingerprint density at radius 2 is 1.92 bits per heavy atom. The molecular formula is C19H27AsN4. The minimum atomic E-state index is 0.752. The van der Waals surface area contributed by atoms with Crippen molar-refractivity contribution in [1.29, 1.82) is 0 Å². The van der Waals surface area contributed by atoms with Crippen LogP contribution in [-0.2, 0) is 13.0 Å². The van der Waals surface area contributed by atoms with E-state index in [9.17, 15) is 0 Å². The first-order valence-electron chi connectivity index (χ1n) is 8.99. The van der Waals surface area contributed by atoms with E-state index in [0.717, 1.165) is 47.9 Å². The van der Waals surface area contributed by atoms with Crippen molar-refractivity contribution in [3.05, 3.63) is 30.1 Å². The van der Waals surface area contributed by atoms with Crippen molar-refractivity contribution < 1.29 is 0 Å². The van der Waals surface area contributed by atoms with Crippen LogP contribution < -0.4 is 10.2 Å². The van der Waals surface area contributed by atoms with E-state index in [1.54, 1.807) is 16.9 Å². The number of unbranched alkanes of at least 4 members (excludes halogenated alkanes) is 3. The summed E-state index contributed by atoms with van der Waals surface area (Å²) < 4.78 is 3.53. The van der Waals surface area contributed by atoms with E-state index in [1.165, 1.54) is 36.0 Å². The second-order valence-electron chi connectivity index (χ2n) is 6.34. The third kappa shape index (κ3) is 3.50. The molecule has 24 heavy (non-hydrogen) atoms. The van der Waals surface area contributed by atoms with Crippen LogP contribution >= 0.6 is 0 Å². The van der Waals surface area contributed by atoms with Crippen LogP contribution in [0.1, 0.15) is 44.9 Å². The van der Waals surface area contributed by atoms with Gasteiger partial charge in [-0.1, -0.05) is 0 Å². The van der Waals surface area contributed by atoms with Gasteiger partial charge in [-0.2, -0.15) is 0 Å². The molecule has 2 N–H and O–H groups in total. The van der Waals surface area contributed by atoms with Gasteiger partial charge in [0.1, 0.15) is 0 Å². The molecule has 1 atom stereocenters. The number of fused-ring (bicyclic) bond motifs is 3. The topological polar surface area (TPSA) is 56.7 Å². The molecule has 0 bridgehead atoms. The fourth-order valence-electron chi connectivity index (χ4n) is 3.28. The number of hydrogen-bond donors (Lipinski definition) is 1. The maximum absolute atomic E-state index is 5.70. The molecule has 0 saturated carbocycles. The van der Waals surface area contributed by atoms with Crippen molar-refractivity contribution in [2.75, 3.05) is 6.54 Å². The van der Waals surface area contributed by atoms with E-state index in [0.29, 0.717) is 0 Å². The monoisotopic (exact) mass is 386 g/mol. The normalized spacial score (nSPS) is 11.6. The molecule has 0 radical (unpaired) electrons. The number of imidazole rings is 1. The zero-order valence-corrected chi connectivity index (χ0v) is 16.9. The molecule has 2 heterocycles. The van der Waals surface area contributed by atoms with E-state index < -0.39 is 0 Å². The minimum absolute atomic E-state index is 0.752. The number of hydrogen-bond acceptors (Lipinski definition) is 3. The molecular weight excluding hydrogens is 359 g/mol. The van der Waals surface area contributed by atoms with Crippen molar-refractivity contribution >= 4 is 43.3 Å². The number of aryl methyl sites for hydroxylation is 2. The Kier molecular flexibility index (Phi) is 5.91. The Morgan fingerprint density at radius 1 is 1.08 bits per heavy atom. The van der Waals surface area contributed by atoms with E-state index in [1.807, 2.05) is 0 Å². The first-order valence-corrected chi connectivity index (χ1v) is 10.2. The molecule has 0 aliphatic heterocycles. The van der Waals surface area contributed by atoms with Gasteiger partial charge in [0.05, 0.1) is 0 Å². The van der Waals surface area contributed by atoms with Gasteiger partial charge in [0.25, 0.3) is 0 Å². The number of nitrogens with zero attached hydrogens (tertiary/aromatic N) is 3. The van der Waals surface area contributed by atoms with Crippen LogP contribution in [0.4, 0.5) is 0 Å². The van der Waals surface area contributed by atoms with Crippen LogP contribution in [-0.4, -0.2) is 37.9 Å². The van der Waals surface area contributed by atoms with Crippen molar-refractivity contribution in [2.45, 2.75) is 52.0 Å². The number of para-hydroxylation sites is 1. The van der Waals surface area contributed by atoms with Gasteiger partial charge in [-0.15, -0.1) is 0 Å². The summed E-state index contributed by atoms with van der Waals surface area (Å²) in [4.78, 5) is 9.78. The summed E-state index contributed by atoms with van der Waals surface area (Å²) in [5.74, 6) is 1.22. The molecule has 128 valence electrons. The quantitative estimate of drug-likeness (QED) is 0.478. The molecule has 0 aliphatic rings. The van der Waals surface area contributed by atoms with E-state index >= 15 is 0 Å². The number of pyridine rings is 1. The van der Waals surface area contributed by atoms with Gasteiger partial charge >= 0.3 is 152 Å². The first-order chi connectivity index (χ1) is 11.8. The number of nitrogens with two attached hydrogens (primary N) is 1. The van der Waals surface area contributed by atoms with Gasteiger partial charge in [0.15, 0.2) is 0 Å². The second kappa shape index (κ2) is 8.13. The second-order valence-corrected chi connectivity index (χ2v) is 7.49. The number of benzene rings is 1. The summed E-state index contributed by atoms with van der Waals surface area (Å²) in [6, 6.07) is 8.43. The van der Waals surface area contributed by atoms with Gasteiger partial charge in [-0.3, -0.25) is 0 Å². The molecule has 3 aromatic rings. The molecule has 0 fully saturated rings. The molecule has 1 aromatic carbocycles. The SMILES string of the molecule is CCCCCc1nc2c([AsH2])nc3ccccc3c2n1CCCCN. The third-order valence-electron chi connectivity index (χ3n) is 4.53. The standard InChI is InChI=1S/C19H27AsN4/c1-2-3-4-11-16-23-17-18(24(16)13-8-7-12-21)14-9-5-6-10-15(14)22-19(17)20/h5-6,9-10H,2-4,7-8,11-13,20-21H2,1H3. The molecule has 3 rings (SSSR count). The van der Waals surface area contributed by atoms with Gasteiger partial charge in [-0.05, 0) is 0 Å². The average Bonchev–Trinajstić information content (AvgIpc) is 2.95. The summed E-state index contributed by atoms with van der Waals surface area (Å²) in [5, 5.41) is 1.22. The predicted octanol–water partition coefficient (Wildman–Crippen LogP) is 2.31. The number of aromatic nitrogens is 3. The van der Waals surface area contributed by atoms with Crippen LogP contribution in [0.25, 0.3) is 21.9 Å². The fourth-order valence-corrected chi connectivity index (χ4v) is 4.00. The summed E-state index contributed by atoms with van der Waals surface area (Å²) in [7, 11) is 0. The molecule has 0 aliphatic carbocycles. The molecule has 4 nitrogen and oxygen atoms in total. The summed E-state index contributed by atoms with van der Waals surface area (Å²) in [6.45, 7) is 3.99. The van der Waals surface area contributed by atoms with Crippen LogP contribution in [0.2, 0.25) is 0 Å². The molecule has 0 amide bonds. The Hall–Kier alpha value is -1.38. The van der Waals surface area contributed by atoms with Crippen molar-refractivity contribution in [3.63, 3.8) is 0 Å². The van der Waals surface area contributed by atoms with Gasteiger partial charge in [-0.25, -0.2) is 0 Å². The van der Waals surface area contributed by atoms with Gasteiger partial charge in [0, 0.05) is 0 Å². The van der Waals surface area contributed by atoms with Gasteiger partial charge in [0.2, 0.25) is 0 Å². The zero-order valence-electron chi connectivity index (χ0n) is 14.5. The molecule has 0 saturated heterocycles. The third-order valence-corrected chi connectivity index (χ3v) is 5.37. The summed E-state index contributed by atoms with van der Waals surface area (Å²) >= 11 is 1.55. The van der Waals surface area contributed by atoms with Crippen LogP contribution in [0.3, 0.4) is 0 Å². The summed E-state index contributed by atoms with van der Waals surface area (Å²) in [5.41, 5.74) is 9.13. The average molecular weight is 386 g/mol.